The van der Waals surface area contributed by atoms with E-state index >= 15 is 0 Å². The lowest BCUT2D eigenvalue weighted by Gasteiger charge is -2.20. The van der Waals surface area contributed by atoms with Crippen molar-refractivity contribution in [2.24, 2.45) is 0 Å². The molecule has 0 aliphatic carbocycles. The van der Waals surface area contributed by atoms with Crippen molar-refractivity contribution in [3.8, 4) is 0 Å². The molecule has 16 heavy (non-hydrogen) atoms. The average Bonchev–Trinajstić information content (AvgIpc) is 2.62. The molecule has 2 heterocycles. The molecule has 0 amide bonds. The molecule has 3 nitrogen and oxygen atoms in total. The number of rotatable bonds is 3. The molecule has 0 bridgehead atoms. The summed E-state index contributed by atoms with van der Waals surface area (Å²) >= 11 is 0. The zero-order valence-corrected chi connectivity index (χ0v) is 10.4. The van der Waals surface area contributed by atoms with Crippen LogP contribution in [0, 0.1) is 0 Å². The van der Waals surface area contributed by atoms with Crippen molar-refractivity contribution in [3.63, 3.8) is 0 Å². The van der Waals surface area contributed by atoms with Crippen molar-refractivity contribution < 1.29 is 0 Å². The zero-order chi connectivity index (χ0) is 11.6. The van der Waals surface area contributed by atoms with E-state index in [1.54, 1.807) is 0 Å². The first kappa shape index (κ1) is 11.4. The molecule has 0 spiro atoms. The summed E-state index contributed by atoms with van der Waals surface area (Å²) in [4.78, 5) is 4.62. The minimum absolute atomic E-state index is 0.189. The second-order valence-electron chi connectivity index (χ2n) is 5.41. The summed E-state index contributed by atoms with van der Waals surface area (Å²) in [6.45, 7) is 8.57. The molecule has 1 aliphatic heterocycles. The van der Waals surface area contributed by atoms with Crippen molar-refractivity contribution >= 4 is 5.82 Å². The van der Waals surface area contributed by atoms with Gasteiger partial charge in [-0.3, -0.25) is 0 Å². The number of nitrogens with zero attached hydrogens (tertiary/aromatic N) is 1. The maximum atomic E-state index is 4.62. The molecule has 0 unspecified atom stereocenters. The third-order valence-corrected chi connectivity index (χ3v) is 2.76. The highest BCUT2D eigenvalue weighted by Gasteiger charge is 2.12. The summed E-state index contributed by atoms with van der Waals surface area (Å²) in [6.07, 6.45) is 2.11. The predicted molar refractivity (Wildman–Crippen MR) is 67.9 cm³/mol. The molecule has 0 saturated carbocycles. The van der Waals surface area contributed by atoms with Gasteiger partial charge in [0, 0.05) is 30.7 Å². The highest BCUT2D eigenvalue weighted by molar-refractivity contribution is 5.49. The number of anilines is 1. The summed E-state index contributed by atoms with van der Waals surface area (Å²) in [5, 5.41) is 6.79. The lowest BCUT2D eigenvalue weighted by molar-refractivity contribution is 0.428. The molecule has 1 aromatic heterocycles. The van der Waals surface area contributed by atoms with Crippen molar-refractivity contribution in [2.75, 3.05) is 18.4 Å². The maximum Gasteiger partial charge on any atom is 0.129 e. The fourth-order valence-electron chi connectivity index (χ4n) is 1.90. The quantitative estimate of drug-likeness (QED) is 0.816. The van der Waals surface area contributed by atoms with Gasteiger partial charge in [-0.1, -0.05) is 6.07 Å². The van der Waals surface area contributed by atoms with Crippen LogP contribution in [0.15, 0.2) is 12.1 Å². The maximum absolute atomic E-state index is 4.62. The fourth-order valence-corrected chi connectivity index (χ4v) is 1.90. The van der Waals surface area contributed by atoms with E-state index in [0.29, 0.717) is 0 Å². The lowest BCUT2D eigenvalue weighted by Crippen LogP contribution is -2.37. The molecule has 0 radical (unpaired) electrons. The van der Waals surface area contributed by atoms with E-state index in [4.69, 9.17) is 0 Å². The van der Waals surface area contributed by atoms with E-state index in [1.165, 1.54) is 11.3 Å². The van der Waals surface area contributed by atoms with E-state index in [-0.39, 0.29) is 5.54 Å². The Labute approximate surface area is 97.7 Å². The molecule has 2 rings (SSSR count). The van der Waals surface area contributed by atoms with Gasteiger partial charge in [0.25, 0.3) is 0 Å². The van der Waals surface area contributed by atoms with Gasteiger partial charge in [-0.25, -0.2) is 4.98 Å². The Morgan fingerprint density at radius 2 is 2.19 bits per heavy atom. The molecular formula is C13H21N3. The van der Waals surface area contributed by atoms with E-state index < -0.39 is 0 Å². The van der Waals surface area contributed by atoms with Crippen molar-refractivity contribution in [3.05, 3.63) is 23.4 Å². The Morgan fingerprint density at radius 1 is 1.38 bits per heavy atom. The normalized spacial score (nSPS) is 14.7. The van der Waals surface area contributed by atoms with Gasteiger partial charge in [0.05, 0.1) is 0 Å². The van der Waals surface area contributed by atoms with Crippen LogP contribution in [0.5, 0.6) is 0 Å². The predicted octanol–water partition coefficient (Wildman–Crippen LogP) is 1.98. The van der Waals surface area contributed by atoms with Gasteiger partial charge >= 0.3 is 0 Å². The van der Waals surface area contributed by atoms with Crippen LogP contribution in [0.2, 0.25) is 0 Å². The number of aromatic nitrogens is 1. The van der Waals surface area contributed by atoms with E-state index in [2.05, 4.69) is 48.5 Å². The second-order valence-corrected chi connectivity index (χ2v) is 5.41. The van der Waals surface area contributed by atoms with Gasteiger partial charge in [0.1, 0.15) is 5.82 Å². The molecular weight excluding hydrogens is 198 g/mol. The monoisotopic (exact) mass is 219 g/mol. The van der Waals surface area contributed by atoms with Crippen LogP contribution < -0.4 is 10.6 Å². The third-order valence-electron chi connectivity index (χ3n) is 2.76. The number of pyridine rings is 1. The zero-order valence-electron chi connectivity index (χ0n) is 10.4. The molecule has 1 aliphatic rings. The van der Waals surface area contributed by atoms with Crippen LogP contribution in [-0.4, -0.2) is 23.6 Å². The SMILES string of the molecule is CC(C)(C)NCCc1ccc2c(n1)NCC2. The molecule has 0 aromatic carbocycles. The van der Waals surface area contributed by atoms with Crippen LogP contribution in [0.25, 0.3) is 0 Å². The first-order chi connectivity index (χ1) is 7.54. The molecule has 2 N–H and O–H groups in total. The van der Waals surface area contributed by atoms with Crippen LogP contribution in [0.4, 0.5) is 5.82 Å². The molecule has 0 fully saturated rings. The van der Waals surface area contributed by atoms with Crippen LogP contribution >= 0.6 is 0 Å². The van der Waals surface area contributed by atoms with E-state index in [9.17, 15) is 0 Å². The van der Waals surface area contributed by atoms with Crippen molar-refractivity contribution in [2.45, 2.75) is 39.2 Å². The Morgan fingerprint density at radius 3 is 2.94 bits per heavy atom. The summed E-state index contributed by atoms with van der Waals surface area (Å²) in [5.74, 6) is 1.09. The average molecular weight is 219 g/mol. The Bertz CT molecular complexity index is 366. The van der Waals surface area contributed by atoms with Crippen LogP contribution in [0.1, 0.15) is 32.0 Å². The summed E-state index contributed by atoms with van der Waals surface area (Å²) in [7, 11) is 0. The highest BCUT2D eigenvalue weighted by Crippen LogP contribution is 2.19. The Hall–Kier alpha value is -1.09. The topological polar surface area (TPSA) is 37.0 Å². The first-order valence-electron chi connectivity index (χ1n) is 6.02. The number of fused-ring (bicyclic) bond motifs is 1. The summed E-state index contributed by atoms with van der Waals surface area (Å²) in [6, 6.07) is 4.35. The smallest absolute Gasteiger partial charge is 0.129 e. The highest BCUT2D eigenvalue weighted by atomic mass is 15.0. The van der Waals surface area contributed by atoms with Gasteiger partial charge < -0.3 is 10.6 Å². The minimum Gasteiger partial charge on any atom is -0.370 e. The minimum atomic E-state index is 0.189. The lowest BCUT2D eigenvalue weighted by atomic mass is 10.1. The number of hydrogen-bond acceptors (Lipinski definition) is 3. The van der Waals surface area contributed by atoms with Gasteiger partial charge in [0.15, 0.2) is 0 Å². The van der Waals surface area contributed by atoms with E-state index in [1.807, 2.05) is 0 Å². The third kappa shape index (κ3) is 2.95. The Kier molecular flexibility index (Phi) is 3.15. The van der Waals surface area contributed by atoms with Gasteiger partial charge in [-0.05, 0) is 38.8 Å². The van der Waals surface area contributed by atoms with Crippen LogP contribution in [-0.2, 0) is 12.8 Å². The van der Waals surface area contributed by atoms with Crippen LogP contribution in [0.3, 0.4) is 0 Å². The molecule has 3 heteroatoms. The standard InChI is InChI=1S/C13H21N3/c1-13(2,3)15-9-7-11-5-4-10-6-8-14-12(10)16-11/h4-5,15H,6-9H2,1-3H3,(H,14,16). The fraction of sp³-hybridized carbons (Fsp3) is 0.615. The molecule has 1 aromatic rings. The number of nitrogens with one attached hydrogen (secondary N) is 2. The largest absolute Gasteiger partial charge is 0.370 e. The van der Waals surface area contributed by atoms with Crippen molar-refractivity contribution in [1.29, 1.82) is 0 Å². The van der Waals surface area contributed by atoms with E-state index in [0.717, 1.165) is 31.7 Å². The van der Waals surface area contributed by atoms with Gasteiger partial charge in [-0.15, -0.1) is 0 Å². The number of hydrogen-bond donors (Lipinski definition) is 2. The summed E-state index contributed by atoms with van der Waals surface area (Å²) < 4.78 is 0. The second kappa shape index (κ2) is 4.42. The van der Waals surface area contributed by atoms with Gasteiger partial charge in [0.2, 0.25) is 0 Å². The molecule has 88 valence electrons. The van der Waals surface area contributed by atoms with Crippen molar-refractivity contribution in [1.82, 2.24) is 10.3 Å². The Balaban J connectivity index is 1.91. The summed E-state index contributed by atoms with van der Waals surface area (Å²) in [5.41, 5.74) is 2.71. The molecule has 0 saturated heterocycles. The van der Waals surface area contributed by atoms with Gasteiger partial charge in [-0.2, -0.15) is 0 Å². The first-order valence-corrected chi connectivity index (χ1v) is 6.02. The molecule has 0 atom stereocenters.